The number of benzene rings is 2. The van der Waals surface area contributed by atoms with Gasteiger partial charge in [-0.1, -0.05) is 19.4 Å². The molecule has 142 valence electrons. The average Bonchev–Trinajstić information content (AvgIpc) is 2.69. The van der Waals surface area contributed by atoms with E-state index >= 15 is 0 Å². The number of hydrogen-bond donors (Lipinski definition) is 1. The smallest absolute Gasteiger partial charge is 0.265 e. The molecule has 0 aliphatic carbocycles. The van der Waals surface area contributed by atoms with Crippen LogP contribution in [0.25, 0.3) is 0 Å². The minimum atomic E-state index is -0.756. The highest BCUT2D eigenvalue weighted by atomic mass is 16.5. The van der Waals surface area contributed by atoms with Gasteiger partial charge in [0.05, 0.1) is 31.0 Å². The zero-order valence-electron chi connectivity index (χ0n) is 15.8. The maximum atomic E-state index is 12.6. The van der Waals surface area contributed by atoms with Gasteiger partial charge in [0.1, 0.15) is 17.2 Å². The van der Waals surface area contributed by atoms with Crippen molar-refractivity contribution in [2.75, 3.05) is 19.0 Å². The summed E-state index contributed by atoms with van der Waals surface area (Å²) in [6.45, 7) is 4.30. The lowest BCUT2D eigenvalue weighted by Gasteiger charge is -2.17. The molecular formula is C21H24N2O4. The summed E-state index contributed by atoms with van der Waals surface area (Å²) in [4.78, 5) is 12.6. The number of ether oxygens (including phenoxy) is 3. The zero-order valence-corrected chi connectivity index (χ0v) is 15.8. The van der Waals surface area contributed by atoms with E-state index in [4.69, 9.17) is 19.5 Å². The molecule has 0 spiro atoms. The van der Waals surface area contributed by atoms with Gasteiger partial charge in [-0.2, -0.15) is 5.26 Å². The van der Waals surface area contributed by atoms with Gasteiger partial charge in [-0.05, 0) is 43.7 Å². The Morgan fingerprint density at radius 1 is 1.22 bits per heavy atom. The molecule has 2 rings (SSSR count). The summed E-state index contributed by atoms with van der Waals surface area (Å²) in [7, 11) is 1.56. The number of rotatable bonds is 9. The molecule has 0 radical (unpaired) electrons. The number of unbranched alkanes of at least 4 members (excludes halogenated alkanes) is 1. The van der Waals surface area contributed by atoms with Crippen LogP contribution < -0.4 is 19.5 Å². The van der Waals surface area contributed by atoms with Gasteiger partial charge >= 0.3 is 0 Å². The summed E-state index contributed by atoms with van der Waals surface area (Å²) in [6.07, 6.45) is 1.19. The van der Waals surface area contributed by atoms with Crippen molar-refractivity contribution in [2.45, 2.75) is 32.8 Å². The van der Waals surface area contributed by atoms with Crippen molar-refractivity contribution in [2.24, 2.45) is 0 Å². The molecule has 1 N–H and O–H groups in total. The topological polar surface area (TPSA) is 80.6 Å². The SMILES string of the molecule is CCCCOc1ccc(OC)cc1NC(=O)C(C)Oc1cccc(C#N)c1. The number of anilines is 1. The van der Waals surface area contributed by atoms with Gasteiger partial charge in [0, 0.05) is 6.07 Å². The second kappa shape index (κ2) is 10.1. The van der Waals surface area contributed by atoms with Crippen LogP contribution in [0.5, 0.6) is 17.2 Å². The largest absolute Gasteiger partial charge is 0.497 e. The minimum Gasteiger partial charge on any atom is -0.497 e. The third-order valence-corrected chi connectivity index (χ3v) is 3.85. The number of carbonyl (C=O) groups is 1. The van der Waals surface area contributed by atoms with Gasteiger partial charge in [0.15, 0.2) is 6.10 Å². The highest BCUT2D eigenvalue weighted by Gasteiger charge is 2.17. The Hall–Kier alpha value is -3.20. The Bertz CT molecular complexity index is 814. The monoisotopic (exact) mass is 368 g/mol. The summed E-state index contributed by atoms with van der Waals surface area (Å²) in [6, 6.07) is 14.0. The highest BCUT2D eigenvalue weighted by Crippen LogP contribution is 2.30. The second-order valence-corrected chi connectivity index (χ2v) is 5.95. The maximum Gasteiger partial charge on any atom is 0.265 e. The van der Waals surface area contributed by atoms with Crippen LogP contribution in [0, 0.1) is 11.3 Å². The van der Waals surface area contributed by atoms with Gasteiger partial charge < -0.3 is 19.5 Å². The fourth-order valence-electron chi connectivity index (χ4n) is 2.32. The normalized spacial score (nSPS) is 11.2. The third-order valence-electron chi connectivity index (χ3n) is 3.85. The van der Waals surface area contributed by atoms with Crippen LogP contribution in [0.4, 0.5) is 5.69 Å². The Morgan fingerprint density at radius 2 is 2.04 bits per heavy atom. The van der Waals surface area contributed by atoms with Crippen molar-refractivity contribution >= 4 is 11.6 Å². The molecule has 6 nitrogen and oxygen atoms in total. The highest BCUT2D eigenvalue weighted by molar-refractivity contribution is 5.95. The molecule has 1 amide bonds. The van der Waals surface area contributed by atoms with Gasteiger partial charge in [-0.15, -0.1) is 0 Å². The lowest BCUT2D eigenvalue weighted by atomic mass is 10.2. The van der Waals surface area contributed by atoms with Crippen LogP contribution in [-0.4, -0.2) is 25.7 Å². The molecule has 1 atom stereocenters. The Kier molecular flexibility index (Phi) is 7.50. The molecule has 0 saturated heterocycles. The number of hydrogen-bond acceptors (Lipinski definition) is 5. The van der Waals surface area contributed by atoms with Crippen molar-refractivity contribution in [3.63, 3.8) is 0 Å². The summed E-state index contributed by atoms with van der Waals surface area (Å²) in [5, 5.41) is 11.8. The molecule has 27 heavy (non-hydrogen) atoms. The number of methoxy groups -OCH3 is 1. The van der Waals surface area contributed by atoms with Crippen LogP contribution in [0.1, 0.15) is 32.3 Å². The minimum absolute atomic E-state index is 0.328. The standard InChI is InChI=1S/C21H24N2O4/c1-4-5-11-26-20-10-9-17(25-3)13-19(20)23-21(24)15(2)27-18-8-6-7-16(12-18)14-22/h6-10,12-13,15H,4-5,11H2,1-3H3,(H,23,24). The van der Waals surface area contributed by atoms with E-state index in [0.29, 0.717) is 35.1 Å². The average molecular weight is 368 g/mol. The van der Waals surface area contributed by atoms with Crippen LogP contribution >= 0.6 is 0 Å². The van der Waals surface area contributed by atoms with E-state index in [0.717, 1.165) is 12.8 Å². The Balaban J connectivity index is 2.09. The first-order valence-corrected chi connectivity index (χ1v) is 8.86. The van der Waals surface area contributed by atoms with E-state index in [2.05, 4.69) is 12.2 Å². The fourth-order valence-corrected chi connectivity index (χ4v) is 2.32. The summed E-state index contributed by atoms with van der Waals surface area (Å²) < 4.78 is 16.6. The summed E-state index contributed by atoms with van der Waals surface area (Å²) in [5.41, 5.74) is 0.996. The summed E-state index contributed by atoms with van der Waals surface area (Å²) >= 11 is 0. The van der Waals surface area contributed by atoms with Gasteiger partial charge in [0.2, 0.25) is 0 Å². The van der Waals surface area contributed by atoms with E-state index in [1.165, 1.54) is 0 Å². The molecule has 0 aliphatic rings. The van der Waals surface area contributed by atoms with Crippen molar-refractivity contribution in [3.05, 3.63) is 48.0 Å². The molecular weight excluding hydrogens is 344 g/mol. The number of amides is 1. The second-order valence-electron chi connectivity index (χ2n) is 5.95. The van der Waals surface area contributed by atoms with Crippen LogP contribution in [0.15, 0.2) is 42.5 Å². The van der Waals surface area contributed by atoms with Crippen LogP contribution in [0.2, 0.25) is 0 Å². The molecule has 1 unspecified atom stereocenters. The van der Waals surface area contributed by atoms with Crippen molar-refractivity contribution in [1.29, 1.82) is 5.26 Å². The van der Waals surface area contributed by atoms with Crippen molar-refractivity contribution in [3.8, 4) is 23.3 Å². The third kappa shape index (κ3) is 5.93. The molecule has 2 aromatic rings. The van der Waals surface area contributed by atoms with Crippen LogP contribution in [0.3, 0.4) is 0 Å². The Morgan fingerprint density at radius 3 is 2.74 bits per heavy atom. The molecule has 0 aromatic heterocycles. The molecule has 0 fully saturated rings. The first kappa shape index (κ1) is 20.1. The van der Waals surface area contributed by atoms with E-state index in [1.54, 1.807) is 56.5 Å². The Labute approximate surface area is 159 Å². The van der Waals surface area contributed by atoms with Crippen LogP contribution in [-0.2, 0) is 4.79 Å². The van der Waals surface area contributed by atoms with Gasteiger partial charge in [0.25, 0.3) is 5.91 Å². The molecule has 0 aliphatic heterocycles. The molecule has 0 saturated carbocycles. The van der Waals surface area contributed by atoms with Crippen molar-refractivity contribution < 1.29 is 19.0 Å². The predicted molar refractivity (Wildman–Crippen MR) is 103 cm³/mol. The zero-order chi connectivity index (χ0) is 19.6. The first-order chi connectivity index (χ1) is 13.1. The van der Waals surface area contributed by atoms with Gasteiger partial charge in [-0.3, -0.25) is 4.79 Å². The maximum absolute atomic E-state index is 12.6. The van der Waals surface area contributed by atoms with E-state index in [9.17, 15) is 4.79 Å². The lowest BCUT2D eigenvalue weighted by molar-refractivity contribution is -0.122. The number of nitriles is 1. The lowest BCUT2D eigenvalue weighted by Crippen LogP contribution is -2.30. The molecule has 6 heteroatoms. The van der Waals surface area contributed by atoms with E-state index in [1.807, 2.05) is 6.07 Å². The molecule has 0 heterocycles. The molecule has 0 bridgehead atoms. The molecule has 2 aromatic carbocycles. The fraction of sp³-hybridized carbons (Fsp3) is 0.333. The van der Waals surface area contributed by atoms with Crippen molar-refractivity contribution in [1.82, 2.24) is 0 Å². The predicted octanol–water partition coefficient (Wildman–Crippen LogP) is 4.15. The first-order valence-electron chi connectivity index (χ1n) is 8.86. The van der Waals surface area contributed by atoms with E-state index in [-0.39, 0.29) is 5.91 Å². The summed E-state index contributed by atoms with van der Waals surface area (Å²) in [5.74, 6) is 1.33. The quantitative estimate of drug-likeness (QED) is 0.673. The number of nitrogens with one attached hydrogen (secondary N) is 1. The van der Waals surface area contributed by atoms with E-state index < -0.39 is 6.10 Å². The van der Waals surface area contributed by atoms with Gasteiger partial charge in [-0.25, -0.2) is 0 Å². The number of nitrogens with zero attached hydrogens (tertiary/aromatic N) is 1. The number of carbonyl (C=O) groups excluding carboxylic acids is 1.